The van der Waals surface area contributed by atoms with Crippen LogP contribution in [-0.4, -0.2) is 10.9 Å². The quantitative estimate of drug-likeness (QED) is 0.346. The summed E-state index contributed by atoms with van der Waals surface area (Å²) in [5.74, 6) is 0.713. The molecule has 0 aliphatic carbocycles. The van der Waals surface area contributed by atoms with Gasteiger partial charge in [-0.1, -0.05) is 32.9 Å². The Morgan fingerprint density at radius 2 is 1.44 bits per heavy atom. The first-order valence-corrected chi connectivity index (χ1v) is 3.31. The van der Waals surface area contributed by atoms with Crippen LogP contribution in [-0.2, 0) is 0 Å². The first kappa shape index (κ1) is 8.47. The second-order valence-electron chi connectivity index (χ2n) is 2.83. The van der Waals surface area contributed by atoms with E-state index in [1.165, 1.54) is 0 Å². The highest BCUT2D eigenvalue weighted by atomic mass is 16.4. The van der Waals surface area contributed by atoms with E-state index in [1.807, 2.05) is 27.7 Å². The van der Waals surface area contributed by atoms with Crippen LogP contribution in [0.3, 0.4) is 0 Å². The van der Waals surface area contributed by atoms with Crippen LogP contribution in [0.15, 0.2) is 5.16 Å². The maximum atomic E-state index is 8.45. The zero-order valence-electron chi connectivity index (χ0n) is 6.55. The minimum absolute atomic E-state index is 0.356. The summed E-state index contributed by atoms with van der Waals surface area (Å²) in [6.07, 6.45) is 0. The summed E-state index contributed by atoms with van der Waals surface area (Å²) in [4.78, 5) is 0. The average Bonchev–Trinajstić information content (AvgIpc) is 1.64. The van der Waals surface area contributed by atoms with Crippen molar-refractivity contribution in [3.05, 3.63) is 0 Å². The van der Waals surface area contributed by atoms with Gasteiger partial charge in [0, 0.05) is 0 Å². The molecule has 54 valence electrons. The van der Waals surface area contributed by atoms with Crippen molar-refractivity contribution in [2.24, 2.45) is 17.0 Å². The highest BCUT2D eigenvalue weighted by molar-refractivity contribution is 5.87. The largest absolute Gasteiger partial charge is 0.411 e. The molecule has 9 heavy (non-hydrogen) atoms. The molecule has 2 heteroatoms. The number of oxime groups is 1. The predicted octanol–water partition coefficient (Wildman–Crippen LogP) is 2.13. The number of hydrogen-bond donors (Lipinski definition) is 1. The van der Waals surface area contributed by atoms with Crippen LogP contribution in [0.4, 0.5) is 0 Å². The van der Waals surface area contributed by atoms with Gasteiger partial charge in [0.25, 0.3) is 0 Å². The molecule has 0 amide bonds. The van der Waals surface area contributed by atoms with Gasteiger partial charge in [0.1, 0.15) is 0 Å². The van der Waals surface area contributed by atoms with Crippen molar-refractivity contribution in [2.45, 2.75) is 27.7 Å². The van der Waals surface area contributed by atoms with Crippen LogP contribution in [0.5, 0.6) is 0 Å². The molecule has 0 rings (SSSR count). The zero-order valence-corrected chi connectivity index (χ0v) is 6.55. The summed E-state index contributed by atoms with van der Waals surface area (Å²) in [6.45, 7) is 8.09. The van der Waals surface area contributed by atoms with Crippen molar-refractivity contribution >= 4 is 5.71 Å². The summed E-state index contributed by atoms with van der Waals surface area (Å²) in [6, 6.07) is 0. The first-order chi connectivity index (χ1) is 4.09. The number of rotatable bonds is 2. The number of hydrogen-bond acceptors (Lipinski definition) is 2. The van der Waals surface area contributed by atoms with Crippen LogP contribution in [0, 0.1) is 11.8 Å². The molecule has 0 aromatic heterocycles. The van der Waals surface area contributed by atoms with E-state index in [1.54, 1.807) is 0 Å². The van der Waals surface area contributed by atoms with E-state index in [2.05, 4.69) is 5.16 Å². The van der Waals surface area contributed by atoms with Gasteiger partial charge in [-0.2, -0.15) is 0 Å². The highest BCUT2D eigenvalue weighted by Crippen LogP contribution is 2.06. The SMILES string of the molecule is CC(C)C(=NO)C(C)C. The molecule has 0 radical (unpaired) electrons. The second kappa shape index (κ2) is 3.49. The smallest absolute Gasteiger partial charge is 0.0621 e. The lowest BCUT2D eigenvalue weighted by Gasteiger charge is -2.09. The van der Waals surface area contributed by atoms with E-state index in [4.69, 9.17) is 5.21 Å². The van der Waals surface area contributed by atoms with Crippen LogP contribution in [0.1, 0.15) is 27.7 Å². The third-order valence-electron chi connectivity index (χ3n) is 1.30. The Morgan fingerprint density at radius 1 is 1.11 bits per heavy atom. The van der Waals surface area contributed by atoms with Crippen LogP contribution in [0.25, 0.3) is 0 Å². The van der Waals surface area contributed by atoms with Gasteiger partial charge in [-0.15, -0.1) is 0 Å². The summed E-state index contributed by atoms with van der Waals surface area (Å²) >= 11 is 0. The van der Waals surface area contributed by atoms with Crippen molar-refractivity contribution in [1.29, 1.82) is 0 Å². The molecule has 0 aliphatic heterocycles. The fraction of sp³-hybridized carbons (Fsp3) is 0.857. The maximum absolute atomic E-state index is 8.45. The molecule has 0 saturated carbocycles. The van der Waals surface area contributed by atoms with E-state index in [0.29, 0.717) is 11.8 Å². The summed E-state index contributed by atoms with van der Waals surface area (Å²) < 4.78 is 0. The lowest BCUT2D eigenvalue weighted by Crippen LogP contribution is -2.14. The van der Waals surface area contributed by atoms with Gasteiger partial charge < -0.3 is 5.21 Å². The molecule has 0 bridgehead atoms. The van der Waals surface area contributed by atoms with Crippen molar-refractivity contribution in [3.63, 3.8) is 0 Å². The molecule has 0 spiro atoms. The fourth-order valence-electron chi connectivity index (χ4n) is 0.898. The highest BCUT2D eigenvalue weighted by Gasteiger charge is 2.09. The Hall–Kier alpha value is -0.530. The van der Waals surface area contributed by atoms with Gasteiger partial charge in [0.15, 0.2) is 0 Å². The van der Waals surface area contributed by atoms with Gasteiger partial charge in [0.2, 0.25) is 0 Å². The molecule has 0 unspecified atom stereocenters. The minimum Gasteiger partial charge on any atom is -0.411 e. The Kier molecular flexibility index (Phi) is 3.28. The van der Waals surface area contributed by atoms with Crippen LogP contribution >= 0.6 is 0 Å². The van der Waals surface area contributed by atoms with E-state index < -0.39 is 0 Å². The molecular formula is C7H15NO. The monoisotopic (exact) mass is 129 g/mol. The molecule has 0 aliphatic rings. The lowest BCUT2D eigenvalue weighted by molar-refractivity contribution is 0.312. The van der Waals surface area contributed by atoms with Gasteiger partial charge in [0.05, 0.1) is 5.71 Å². The van der Waals surface area contributed by atoms with E-state index in [-0.39, 0.29) is 0 Å². The van der Waals surface area contributed by atoms with Crippen LogP contribution in [0.2, 0.25) is 0 Å². The maximum Gasteiger partial charge on any atom is 0.0621 e. The Labute approximate surface area is 56.6 Å². The summed E-state index contributed by atoms with van der Waals surface area (Å²) in [7, 11) is 0. The van der Waals surface area contributed by atoms with Gasteiger partial charge >= 0.3 is 0 Å². The lowest BCUT2D eigenvalue weighted by atomic mass is 9.98. The minimum atomic E-state index is 0.356. The summed E-state index contributed by atoms with van der Waals surface area (Å²) in [5.41, 5.74) is 0.870. The van der Waals surface area contributed by atoms with Crippen molar-refractivity contribution in [1.82, 2.24) is 0 Å². The normalized spacial score (nSPS) is 10.4. The standard InChI is InChI=1S/C7H15NO/c1-5(2)7(8-9)6(3)4/h5-6,9H,1-4H3. The van der Waals surface area contributed by atoms with Gasteiger partial charge in [-0.05, 0) is 11.8 Å². The molecule has 0 atom stereocenters. The Balaban J connectivity index is 4.01. The third kappa shape index (κ3) is 2.49. The van der Waals surface area contributed by atoms with Crippen molar-refractivity contribution < 1.29 is 5.21 Å². The molecule has 0 fully saturated rings. The van der Waals surface area contributed by atoms with E-state index in [0.717, 1.165) is 5.71 Å². The fourth-order valence-corrected chi connectivity index (χ4v) is 0.898. The Morgan fingerprint density at radius 3 is 1.44 bits per heavy atom. The van der Waals surface area contributed by atoms with Crippen molar-refractivity contribution in [3.8, 4) is 0 Å². The van der Waals surface area contributed by atoms with Gasteiger partial charge in [-0.3, -0.25) is 0 Å². The summed E-state index contributed by atoms with van der Waals surface area (Å²) in [5, 5.41) is 11.7. The van der Waals surface area contributed by atoms with Crippen LogP contribution < -0.4 is 0 Å². The van der Waals surface area contributed by atoms with Gasteiger partial charge in [-0.25, -0.2) is 0 Å². The second-order valence-corrected chi connectivity index (χ2v) is 2.83. The molecule has 0 heterocycles. The van der Waals surface area contributed by atoms with Crippen molar-refractivity contribution in [2.75, 3.05) is 0 Å². The topological polar surface area (TPSA) is 32.6 Å². The molecule has 1 N–H and O–H groups in total. The zero-order chi connectivity index (χ0) is 7.44. The molecule has 0 aromatic rings. The van der Waals surface area contributed by atoms with E-state index in [9.17, 15) is 0 Å². The third-order valence-corrected chi connectivity index (χ3v) is 1.30. The Bertz CT molecular complexity index is 95.5. The number of nitrogens with zero attached hydrogens (tertiary/aromatic N) is 1. The molecule has 2 nitrogen and oxygen atoms in total. The average molecular weight is 129 g/mol. The molecule has 0 aromatic carbocycles. The predicted molar refractivity (Wildman–Crippen MR) is 38.9 cm³/mol. The molecular weight excluding hydrogens is 114 g/mol. The molecule has 0 saturated heterocycles. The first-order valence-electron chi connectivity index (χ1n) is 3.31. The van der Waals surface area contributed by atoms with E-state index >= 15 is 0 Å².